The SMILES string of the molecule is Cc1c(F)cc(C(C)C)cc1OCC1CC1. The molecule has 2 rings (SSSR count). The van der Waals surface area contributed by atoms with Gasteiger partial charge < -0.3 is 4.74 Å². The molecule has 0 spiro atoms. The maximum atomic E-state index is 13.7. The third-order valence-electron chi connectivity index (χ3n) is 3.16. The second kappa shape index (κ2) is 4.44. The second-order valence-electron chi connectivity index (χ2n) is 5.03. The Morgan fingerprint density at radius 2 is 2.06 bits per heavy atom. The van der Waals surface area contributed by atoms with Gasteiger partial charge in [0, 0.05) is 5.56 Å². The fourth-order valence-corrected chi connectivity index (χ4v) is 1.65. The lowest BCUT2D eigenvalue weighted by atomic mass is 10.0. The third-order valence-corrected chi connectivity index (χ3v) is 3.16. The number of halogens is 1. The van der Waals surface area contributed by atoms with E-state index in [1.54, 1.807) is 13.0 Å². The summed E-state index contributed by atoms with van der Waals surface area (Å²) in [4.78, 5) is 0. The first-order chi connectivity index (χ1) is 7.58. The van der Waals surface area contributed by atoms with Crippen LogP contribution in [0.25, 0.3) is 0 Å². The first-order valence-electron chi connectivity index (χ1n) is 6.00. The number of ether oxygens (including phenoxy) is 1. The smallest absolute Gasteiger partial charge is 0.130 e. The van der Waals surface area contributed by atoms with Crippen LogP contribution >= 0.6 is 0 Å². The van der Waals surface area contributed by atoms with E-state index in [1.807, 2.05) is 6.07 Å². The Hall–Kier alpha value is -1.05. The van der Waals surface area contributed by atoms with Gasteiger partial charge in [0.05, 0.1) is 6.61 Å². The zero-order valence-electron chi connectivity index (χ0n) is 10.2. The van der Waals surface area contributed by atoms with Crippen LogP contribution in [0.4, 0.5) is 4.39 Å². The summed E-state index contributed by atoms with van der Waals surface area (Å²) in [5, 5.41) is 0. The zero-order valence-corrected chi connectivity index (χ0v) is 10.2. The van der Waals surface area contributed by atoms with Gasteiger partial charge in [-0.2, -0.15) is 0 Å². The minimum Gasteiger partial charge on any atom is -0.493 e. The molecule has 0 heterocycles. The first-order valence-corrected chi connectivity index (χ1v) is 6.00. The molecule has 0 bridgehead atoms. The Morgan fingerprint density at radius 3 is 2.62 bits per heavy atom. The van der Waals surface area contributed by atoms with E-state index in [0.717, 1.165) is 17.9 Å². The molecule has 0 N–H and O–H groups in total. The quantitative estimate of drug-likeness (QED) is 0.747. The summed E-state index contributed by atoms with van der Waals surface area (Å²) in [5.41, 5.74) is 1.64. The van der Waals surface area contributed by atoms with Gasteiger partial charge in [-0.1, -0.05) is 13.8 Å². The molecule has 1 fully saturated rings. The van der Waals surface area contributed by atoms with E-state index in [-0.39, 0.29) is 5.82 Å². The van der Waals surface area contributed by atoms with Crippen LogP contribution in [0.5, 0.6) is 5.75 Å². The number of benzene rings is 1. The Bertz CT molecular complexity index is 381. The lowest BCUT2D eigenvalue weighted by Gasteiger charge is -2.13. The Kier molecular flexibility index (Phi) is 3.17. The highest BCUT2D eigenvalue weighted by molar-refractivity contribution is 5.39. The van der Waals surface area contributed by atoms with Gasteiger partial charge in [-0.05, 0) is 49.3 Å². The van der Waals surface area contributed by atoms with Gasteiger partial charge in [-0.25, -0.2) is 4.39 Å². The topological polar surface area (TPSA) is 9.23 Å². The Labute approximate surface area is 96.6 Å². The van der Waals surface area contributed by atoms with E-state index in [1.165, 1.54) is 12.8 Å². The van der Waals surface area contributed by atoms with Gasteiger partial charge >= 0.3 is 0 Å². The van der Waals surface area contributed by atoms with E-state index in [4.69, 9.17) is 4.74 Å². The summed E-state index contributed by atoms with van der Waals surface area (Å²) >= 11 is 0. The van der Waals surface area contributed by atoms with E-state index < -0.39 is 0 Å². The molecular formula is C14H19FO. The monoisotopic (exact) mass is 222 g/mol. The zero-order chi connectivity index (χ0) is 11.7. The third kappa shape index (κ3) is 2.55. The predicted molar refractivity (Wildman–Crippen MR) is 63.4 cm³/mol. The average molecular weight is 222 g/mol. The highest BCUT2D eigenvalue weighted by Crippen LogP contribution is 2.32. The van der Waals surface area contributed by atoms with Crippen LogP contribution < -0.4 is 4.74 Å². The summed E-state index contributed by atoms with van der Waals surface area (Å²) in [6.45, 7) is 6.65. The van der Waals surface area contributed by atoms with E-state index in [2.05, 4.69) is 13.8 Å². The molecule has 1 aliphatic rings. The molecule has 0 radical (unpaired) electrons. The minimum atomic E-state index is -0.156. The summed E-state index contributed by atoms with van der Waals surface area (Å²) in [6, 6.07) is 3.59. The molecule has 0 atom stereocenters. The molecule has 0 aromatic heterocycles. The normalized spacial score (nSPS) is 15.6. The molecule has 1 saturated carbocycles. The van der Waals surface area contributed by atoms with Crippen molar-refractivity contribution in [3.63, 3.8) is 0 Å². The van der Waals surface area contributed by atoms with Gasteiger partial charge in [0.2, 0.25) is 0 Å². The van der Waals surface area contributed by atoms with Crippen molar-refractivity contribution in [2.45, 2.75) is 39.5 Å². The maximum absolute atomic E-state index is 13.7. The Morgan fingerprint density at radius 1 is 1.38 bits per heavy atom. The van der Waals surface area contributed by atoms with Crippen LogP contribution in [0, 0.1) is 18.7 Å². The average Bonchev–Trinajstić information content (AvgIpc) is 3.03. The Balaban J connectivity index is 2.19. The molecule has 0 amide bonds. The van der Waals surface area contributed by atoms with Crippen molar-refractivity contribution < 1.29 is 9.13 Å². The highest BCUT2D eigenvalue weighted by Gasteiger charge is 2.22. The van der Waals surface area contributed by atoms with Crippen LogP contribution in [0.15, 0.2) is 12.1 Å². The fraction of sp³-hybridized carbons (Fsp3) is 0.571. The predicted octanol–water partition coefficient (Wildman–Crippen LogP) is 4.05. The van der Waals surface area contributed by atoms with Crippen LogP contribution in [0.3, 0.4) is 0 Å². The van der Waals surface area contributed by atoms with Gasteiger partial charge in [0.15, 0.2) is 0 Å². The number of hydrogen-bond acceptors (Lipinski definition) is 1. The fourth-order valence-electron chi connectivity index (χ4n) is 1.65. The van der Waals surface area contributed by atoms with Crippen molar-refractivity contribution in [1.29, 1.82) is 0 Å². The summed E-state index contributed by atoms with van der Waals surface area (Å²) < 4.78 is 19.4. The molecule has 1 aromatic carbocycles. The van der Waals surface area contributed by atoms with E-state index in [0.29, 0.717) is 17.4 Å². The second-order valence-corrected chi connectivity index (χ2v) is 5.03. The molecule has 1 aliphatic carbocycles. The van der Waals surface area contributed by atoms with Crippen LogP contribution in [-0.4, -0.2) is 6.61 Å². The van der Waals surface area contributed by atoms with Crippen molar-refractivity contribution >= 4 is 0 Å². The highest BCUT2D eigenvalue weighted by atomic mass is 19.1. The van der Waals surface area contributed by atoms with Gasteiger partial charge in [-0.3, -0.25) is 0 Å². The summed E-state index contributed by atoms with van der Waals surface area (Å²) in [5.74, 6) is 1.59. The van der Waals surface area contributed by atoms with Crippen molar-refractivity contribution in [1.82, 2.24) is 0 Å². The molecule has 1 aromatic rings. The lowest BCUT2D eigenvalue weighted by molar-refractivity contribution is 0.295. The van der Waals surface area contributed by atoms with Crippen LogP contribution in [0.2, 0.25) is 0 Å². The maximum Gasteiger partial charge on any atom is 0.130 e. The molecule has 2 heteroatoms. The van der Waals surface area contributed by atoms with E-state index >= 15 is 0 Å². The molecule has 88 valence electrons. The largest absolute Gasteiger partial charge is 0.493 e. The molecule has 0 saturated heterocycles. The first kappa shape index (κ1) is 11.4. The van der Waals surface area contributed by atoms with Crippen molar-refractivity contribution in [3.05, 3.63) is 29.1 Å². The van der Waals surface area contributed by atoms with Crippen LogP contribution in [0.1, 0.15) is 43.7 Å². The van der Waals surface area contributed by atoms with Gasteiger partial charge in [-0.15, -0.1) is 0 Å². The standard InChI is InChI=1S/C14H19FO/c1-9(2)12-6-13(15)10(3)14(7-12)16-8-11-4-5-11/h6-7,9,11H,4-5,8H2,1-3H3. The molecular weight excluding hydrogens is 203 g/mol. The summed E-state index contributed by atoms with van der Waals surface area (Å²) in [7, 11) is 0. The molecule has 0 aliphatic heterocycles. The molecule has 16 heavy (non-hydrogen) atoms. The number of hydrogen-bond donors (Lipinski definition) is 0. The van der Waals surface area contributed by atoms with Gasteiger partial charge in [0.25, 0.3) is 0 Å². The van der Waals surface area contributed by atoms with E-state index in [9.17, 15) is 4.39 Å². The van der Waals surface area contributed by atoms with Crippen LogP contribution in [-0.2, 0) is 0 Å². The molecule has 1 nitrogen and oxygen atoms in total. The molecule has 0 unspecified atom stereocenters. The summed E-state index contributed by atoms with van der Waals surface area (Å²) in [6.07, 6.45) is 2.51. The van der Waals surface area contributed by atoms with Crippen molar-refractivity contribution in [2.75, 3.05) is 6.61 Å². The van der Waals surface area contributed by atoms with Crippen molar-refractivity contribution in [2.24, 2.45) is 5.92 Å². The lowest BCUT2D eigenvalue weighted by Crippen LogP contribution is -2.03. The minimum absolute atomic E-state index is 0.156. The number of rotatable bonds is 4. The van der Waals surface area contributed by atoms with Gasteiger partial charge in [0.1, 0.15) is 11.6 Å². The van der Waals surface area contributed by atoms with Crippen molar-refractivity contribution in [3.8, 4) is 5.75 Å².